The van der Waals surface area contributed by atoms with Crippen molar-refractivity contribution in [2.24, 2.45) is 0 Å². The Kier molecular flexibility index (Phi) is 8.84. The maximum atomic E-state index is 13.0. The maximum Gasteiger partial charge on any atom is 0.285 e. The monoisotopic (exact) mass is 646 g/mol. The van der Waals surface area contributed by atoms with Crippen molar-refractivity contribution >= 4 is 78.1 Å². The number of hydrogen-bond donors (Lipinski definition) is 1. The van der Waals surface area contributed by atoms with Crippen molar-refractivity contribution in [3.05, 3.63) is 97.3 Å². The number of carbonyl (C=O) groups is 2. The van der Waals surface area contributed by atoms with E-state index >= 15 is 0 Å². The molecule has 36 heavy (non-hydrogen) atoms. The molecule has 0 spiro atoms. The molecule has 0 unspecified atom stereocenters. The Morgan fingerprint density at radius 3 is 2.33 bits per heavy atom. The number of thioether (sulfide) groups is 1. The summed E-state index contributed by atoms with van der Waals surface area (Å²) in [5, 5.41) is 1.09. The molecule has 6 nitrogen and oxygen atoms in total. The van der Waals surface area contributed by atoms with Crippen LogP contribution in [-0.2, 0) is 11.4 Å². The number of amides is 2. The molecule has 1 N–H and O–H groups in total. The lowest BCUT2D eigenvalue weighted by Crippen LogP contribution is -2.44. The van der Waals surface area contributed by atoms with Gasteiger partial charge in [-0.15, -0.1) is 0 Å². The van der Waals surface area contributed by atoms with Gasteiger partial charge in [0.05, 0.1) is 11.5 Å². The second-order valence-corrected chi connectivity index (χ2v) is 11.0. The van der Waals surface area contributed by atoms with Crippen LogP contribution in [0.2, 0.25) is 0 Å². The predicted molar refractivity (Wildman–Crippen MR) is 153 cm³/mol. The van der Waals surface area contributed by atoms with Crippen LogP contribution in [-0.4, -0.2) is 27.8 Å². The molecule has 1 aliphatic heterocycles. The fourth-order valence-electron chi connectivity index (χ4n) is 3.23. The molecule has 0 aromatic heterocycles. The number of nitrogens with zero attached hydrogens (tertiary/aromatic N) is 1. The van der Waals surface area contributed by atoms with Crippen molar-refractivity contribution < 1.29 is 19.1 Å². The Balaban J connectivity index is 1.48. The van der Waals surface area contributed by atoms with Crippen molar-refractivity contribution in [3.8, 4) is 11.5 Å². The highest BCUT2D eigenvalue weighted by atomic mass is 79.9. The summed E-state index contributed by atoms with van der Waals surface area (Å²) in [6.07, 6.45) is 1.71. The summed E-state index contributed by atoms with van der Waals surface area (Å²) >= 11 is 13.2. The van der Waals surface area contributed by atoms with Gasteiger partial charge in [0.15, 0.2) is 15.8 Å². The smallest absolute Gasteiger partial charge is 0.285 e. The van der Waals surface area contributed by atoms with E-state index in [1.54, 1.807) is 30.3 Å². The molecule has 1 aliphatic rings. The van der Waals surface area contributed by atoms with Crippen LogP contribution in [0.1, 0.15) is 28.4 Å². The van der Waals surface area contributed by atoms with Crippen molar-refractivity contribution in [3.63, 3.8) is 0 Å². The van der Waals surface area contributed by atoms with Crippen LogP contribution >= 0.6 is 55.8 Å². The average Bonchev–Trinajstić information content (AvgIpc) is 3.12. The predicted octanol–water partition coefficient (Wildman–Crippen LogP) is 6.74. The number of benzene rings is 3. The standard InChI is InChI=1S/C26H20Br2N2O4S2/c1-2-33-22-13-17(5-12-21(22)34-15-16-3-8-19(27)9-4-16)14-23-25(32)30(26(35)36-23)29-24(31)18-6-10-20(28)11-7-18/h3-14H,2,15H2,1H3,(H,29,31)/b23-14+. The van der Waals surface area contributed by atoms with E-state index in [-0.39, 0.29) is 4.32 Å². The first kappa shape index (κ1) is 26.4. The molecule has 3 aromatic rings. The lowest BCUT2D eigenvalue weighted by Gasteiger charge is -2.15. The first-order chi connectivity index (χ1) is 17.3. The van der Waals surface area contributed by atoms with Gasteiger partial charge in [-0.2, -0.15) is 5.01 Å². The number of hydrazine groups is 1. The van der Waals surface area contributed by atoms with Crippen LogP contribution in [0.4, 0.5) is 0 Å². The van der Waals surface area contributed by atoms with Crippen LogP contribution < -0.4 is 14.9 Å². The van der Waals surface area contributed by atoms with Crippen LogP contribution in [0.5, 0.6) is 11.5 Å². The molecule has 0 radical (unpaired) electrons. The molecule has 0 saturated carbocycles. The normalized spacial score (nSPS) is 14.3. The molecule has 1 heterocycles. The van der Waals surface area contributed by atoms with Gasteiger partial charge in [0.2, 0.25) is 0 Å². The van der Waals surface area contributed by atoms with Crippen LogP contribution in [0, 0.1) is 0 Å². The Morgan fingerprint density at radius 2 is 1.67 bits per heavy atom. The van der Waals surface area contributed by atoms with Gasteiger partial charge in [0, 0.05) is 14.5 Å². The largest absolute Gasteiger partial charge is 0.490 e. The van der Waals surface area contributed by atoms with E-state index in [9.17, 15) is 9.59 Å². The van der Waals surface area contributed by atoms with Crippen molar-refractivity contribution in [1.82, 2.24) is 10.4 Å². The zero-order valence-corrected chi connectivity index (χ0v) is 23.8. The topological polar surface area (TPSA) is 67.9 Å². The van der Waals surface area contributed by atoms with E-state index in [4.69, 9.17) is 21.7 Å². The van der Waals surface area contributed by atoms with Crippen molar-refractivity contribution in [1.29, 1.82) is 0 Å². The van der Waals surface area contributed by atoms with Gasteiger partial charge >= 0.3 is 0 Å². The third kappa shape index (κ3) is 6.56. The first-order valence-electron chi connectivity index (χ1n) is 10.8. The van der Waals surface area contributed by atoms with Gasteiger partial charge in [-0.1, -0.05) is 61.8 Å². The number of hydrogen-bond acceptors (Lipinski definition) is 6. The summed E-state index contributed by atoms with van der Waals surface area (Å²) in [7, 11) is 0. The minimum Gasteiger partial charge on any atom is -0.490 e. The molecule has 2 amide bonds. The molecule has 184 valence electrons. The zero-order valence-electron chi connectivity index (χ0n) is 19.0. The third-order valence-corrected chi connectivity index (χ3v) is 7.35. The molecule has 0 atom stereocenters. The van der Waals surface area contributed by atoms with E-state index in [0.717, 1.165) is 36.8 Å². The van der Waals surface area contributed by atoms with Crippen LogP contribution in [0.25, 0.3) is 6.08 Å². The maximum absolute atomic E-state index is 13.0. The highest BCUT2D eigenvalue weighted by Gasteiger charge is 2.33. The zero-order chi connectivity index (χ0) is 25.7. The summed E-state index contributed by atoms with van der Waals surface area (Å²) in [6, 6.07) is 20.2. The van der Waals surface area contributed by atoms with Gasteiger partial charge in [-0.3, -0.25) is 15.0 Å². The van der Waals surface area contributed by atoms with Gasteiger partial charge < -0.3 is 9.47 Å². The number of carbonyl (C=O) groups excluding carboxylic acids is 2. The van der Waals surface area contributed by atoms with Crippen LogP contribution in [0.3, 0.4) is 0 Å². The van der Waals surface area contributed by atoms with E-state index < -0.39 is 11.8 Å². The summed E-state index contributed by atoms with van der Waals surface area (Å²) in [5.41, 5.74) is 4.77. The number of halogens is 2. The molecule has 0 aliphatic carbocycles. The second-order valence-electron chi connectivity index (χ2n) is 7.52. The Morgan fingerprint density at radius 1 is 1.00 bits per heavy atom. The minimum atomic E-state index is -0.425. The van der Waals surface area contributed by atoms with Gasteiger partial charge in [0.25, 0.3) is 11.8 Å². The first-order valence-corrected chi connectivity index (χ1v) is 13.6. The molecular weight excluding hydrogens is 628 g/mol. The minimum absolute atomic E-state index is 0.246. The van der Waals surface area contributed by atoms with Crippen molar-refractivity contribution in [2.45, 2.75) is 13.5 Å². The van der Waals surface area contributed by atoms with E-state index in [0.29, 0.717) is 35.2 Å². The molecule has 3 aromatic carbocycles. The number of nitrogens with one attached hydrogen (secondary N) is 1. The Hall–Kier alpha value is -2.66. The quantitative estimate of drug-likeness (QED) is 0.216. The van der Waals surface area contributed by atoms with E-state index in [2.05, 4.69) is 37.3 Å². The highest BCUT2D eigenvalue weighted by Crippen LogP contribution is 2.34. The summed E-state index contributed by atoms with van der Waals surface area (Å²) < 4.78 is 13.9. The number of thiocarbonyl (C=S) groups is 1. The third-order valence-electron chi connectivity index (χ3n) is 4.99. The Bertz CT molecular complexity index is 1330. The molecule has 1 saturated heterocycles. The van der Waals surface area contributed by atoms with E-state index in [1.165, 1.54) is 0 Å². The highest BCUT2D eigenvalue weighted by molar-refractivity contribution is 9.10. The van der Waals surface area contributed by atoms with Gasteiger partial charge in [-0.25, -0.2) is 0 Å². The average molecular weight is 648 g/mol. The lowest BCUT2D eigenvalue weighted by molar-refractivity contribution is -0.123. The molecule has 4 rings (SSSR count). The molecule has 0 bridgehead atoms. The van der Waals surface area contributed by atoms with Gasteiger partial charge in [-0.05, 0) is 84.9 Å². The van der Waals surface area contributed by atoms with Crippen LogP contribution in [0.15, 0.2) is 80.6 Å². The molecule has 10 heteroatoms. The summed E-state index contributed by atoms with van der Waals surface area (Å²) in [6.45, 7) is 2.75. The molecule has 1 fully saturated rings. The summed E-state index contributed by atoms with van der Waals surface area (Å²) in [4.78, 5) is 25.9. The fraction of sp³-hybridized carbons (Fsp3) is 0.115. The Labute approximate surface area is 235 Å². The van der Waals surface area contributed by atoms with Crippen molar-refractivity contribution in [2.75, 3.05) is 6.61 Å². The number of rotatable bonds is 8. The van der Waals surface area contributed by atoms with E-state index in [1.807, 2.05) is 49.4 Å². The lowest BCUT2D eigenvalue weighted by atomic mass is 10.1. The SMILES string of the molecule is CCOc1cc(/C=C2/SC(=S)N(NC(=O)c3ccc(Br)cc3)C2=O)ccc1OCc1ccc(Br)cc1. The summed E-state index contributed by atoms with van der Waals surface area (Å²) in [5.74, 6) is 0.351. The molecular formula is C26H20Br2N2O4S2. The number of ether oxygens (including phenoxy) is 2. The second kappa shape index (κ2) is 12.1. The fourth-order valence-corrected chi connectivity index (χ4v) is 4.93. The van der Waals surface area contributed by atoms with Gasteiger partial charge in [0.1, 0.15) is 6.61 Å².